The molecule has 0 spiro atoms. The van der Waals surface area contributed by atoms with Gasteiger partial charge in [0.1, 0.15) is 27.9 Å². The Hall–Kier alpha value is -6.31. The number of halogens is 2. The molecule has 3 aliphatic heterocycles. The van der Waals surface area contributed by atoms with Gasteiger partial charge in [-0.15, -0.1) is 0 Å². The Kier molecular flexibility index (Phi) is 11.2. The largest absolute Gasteiger partial charge is 0.453 e. The van der Waals surface area contributed by atoms with Crippen LogP contribution in [0.5, 0.6) is 11.5 Å². The van der Waals surface area contributed by atoms with Gasteiger partial charge in [-0.3, -0.25) is 24.6 Å². The van der Waals surface area contributed by atoms with Crippen LogP contribution < -0.4 is 25.2 Å². The number of carbonyl (C=O) groups excluding carboxylic acids is 3. The molecule has 3 aliphatic rings. The van der Waals surface area contributed by atoms with Crippen molar-refractivity contribution in [2.45, 2.75) is 31.6 Å². The number of piperidine rings is 2. The Balaban J connectivity index is 0.765. The van der Waals surface area contributed by atoms with E-state index in [4.69, 9.17) is 21.3 Å². The van der Waals surface area contributed by atoms with Crippen molar-refractivity contribution in [1.29, 1.82) is 0 Å². The summed E-state index contributed by atoms with van der Waals surface area (Å²) in [5, 5.41) is 5.58. The van der Waals surface area contributed by atoms with Crippen LogP contribution in [0.4, 0.5) is 21.5 Å². The molecule has 6 aromatic rings. The Morgan fingerprint density at radius 3 is 2.33 bits per heavy atom. The number of nitrogens with zero attached hydrogens (tertiary/aromatic N) is 5. The Morgan fingerprint density at radius 1 is 0.867 bits per heavy atom. The van der Waals surface area contributed by atoms with Gasteiger partial charge in [0.2, 0.25) is 11.8 Å². The second kappa shape index (κ2) is 17.1. The van der Waals surface area contributed by atoms with Crippen molar-refractivity contribution in [3.05, 3.63) is 125 Å². The number of imidazole rings is 1. The standard InChI is InChI=1S/C46H44ClFN8O4/c47-37-27-49-44-41(42(37)60-35-13-8-31(9-14-35)45(58)50-33-4-2-1-3-5-33)52-43(53-44)30-6-11-34(12-7-30)55-24-22-54(23-25-55)28-29-18-20-56(21-19-29)39-16-10-32(26-38(39)48)36-15-17-40(57)51-46(36)59/h1-14,16,26-27,29,36H,15,17-25,28H2,(H,50,58)(H,49,52,53)(H,51,57,59)/t36-/m0/s1. The smallest absolute Gasteiger partial charge is 0.255 e. The first kappa shape index (κ1) is 39.2. The van der Waals surface area contributed by atoms with Crippen LogP contribution in [0.1, 0.15) is 47.5 Å². The van der Waals surface area contributed by atoms with Gasteiger partial charge in [0.15, 0.2) is 11.4 Å². The van der Waals surface area contributed by atoms with Gasteiger partial charge >= 0.3 is 0 Å². The number of amides is 3. The molecule has 14 heteroatoms. The van der Waals surface area contributed by atoms with Crippen LogP contribution >= 0.6 is 11.6 Å². The number of imide groups is 1. The molecule has 60 heavy (non-hydrogen) atoms. The second-order valence-corrected chi connectivity index (χ2v) is 16.1. The van der Waals surface area contributed by atoms with Crippen molar-refractivity contribution in [3.8, 4) is 22.9 Å². The molecule has 5 heterocycles. The Bertz CT molecular complexity index is 2520. The number of fused-ring (bicyclic) bond motifs is 1. The minimum atomic E-state index is -0.490. The number of pyridine rings is 1. The lowest BCUT2D eigenvalue weighted by atomic mass is 9.90. The summed E-state index contributed by atoms with van der Waals surface area (Å²) in [6.07, 6.45) is 4.19. The zero-order chi connectivity index (χ0) is 41.2. The molecule has 306 valence electrons. The first-order valence-corrected chi connectivity index (χ1v) is 20.8. The molecule has 0 bridgehead atoms. The summed E-state index contributed by atoms with van der Waals surface area (Å²) in [6.45, 7) is 6.41. The number of aromatic nitrogens is 3. The average molecular weight is 827 g/mol. The molecule has 0 unspecified atom stereocenters. The maximum atomic E-state index is 15.3. The van der Waals surface area contributed by atoms with Gasteiger partial charge in [0.05, 0.1) is 17.8 Å². The minimum absolute atomic E-state index is 0.219. The lowest BCUT2D eigenvalue weighted by Crippen LogP contribution is -2.49. The Labute approximate surface area is 351 Å². The predicted molar refractivity (Wildman–Crippen MR) is 230 cm³/mol. The normalized spacial score (nSPS) is 17.8. The quantitative estimate of drug-likeness (QED) is 0.117. The van der Waals surface area contributed by atoms with Gasteiger partial charge in [0, 0.05) is 74.7 Å². The number of benzene rings is 4. The van der Waals surface area contributed by atoms with E-state index in [1.165, 1.54) is 12.3 Å². The van der Waals surface area contributed by atoms with Gasteiger partial charge in [-0.05, 0) is 104 Å². The summed E-state index contributed by atoms with van der Waals surface area (Å²) in [5.41, 5.74) is 5.51. The summed E-state index contributed by atoms with van der Waals surface area (Å²) >= 11 is 6.58. The highest BCUT2D eigenvalue weighted by molar-refractivity contribution is 6.32. The van der Waals surface area contributed by atoms with Crippen LogP contribution in [-0.2, 0) is 9.59 Å². The molecule has 3 N–H and O–H groups in total. The fourth-order valence-electron chi connectivity index (χ4n) is 8.41. The highest BCUT2D eigenvalue weighted by atomic mass is 35.5. The van der Waals surface area contributed by atoms with Crippen molar-refractivity contribution >= 4 is 57.5 Å². The maximum Gasteiger partial charge on any atom is 0.255 e. The van der Waals surface area contributed by atoms with Gasteiger partial charge < -0.3 is 24.8 Å². The average Bonchev–Trinajstić information content (AvgIpc) is 3.71. The molecule has 2 aromatic heterocycles. The van der Waals surface area contributed by atoms with E-state index in [9.17, 15) is 14.4 Å². The molecular weight excluding hydrogens is 783 g/mol. The van der Waals surface area contributed by atoms with E-state index in [0.29, 0.717) is 62.7 Å². The van der Waals surface area contributed by atoms with Crippen LogP contribution in [0.2, 0.25) is 5.02 Å². The number of rotatable bonds is 10. The predicted octanol–water partition coefficient (Wildman–Crippen LogP) is 8.02. The number of hydrogen-bond donors (Lipinski definition) is 3. The van der Waals surface area contributed by atoms with Gasteiger partial charge in [-0.25, -0.2) is 14.4 Å². The van der Waals surface area contributed by atoms with Crippen molar-refractivity contribution in [3.63, 3.8) is 0 Å². The van der Waals surface area contributed by atoms with Crippen LogP contribution in [0.15, 0.2) is 103 Å². The molecule has 0 radical (unpaired) electrons. The number of ether oxygens (including phenoxy) is 1. The lowest BCUT2D eigenvalue weighted by Gasteiger charge is -2.40. The molecule has 9 rings (SSSR count). The van der Waals surface area contributed by atoms with E-state index in [1.807, 2.05) is 36.4 Å². The van der Waals surface area contributed by atoms with Gasteiger partial charge in [-0.2, -0.15) is 0 Å². The van der Waals surface area contributed by atoms with Gasteiger partial charge in [-0.1, -0.05) is 35.9 Å². The zero-order valence-corrected chi connectivity index (χ0v) is 33.6. The number of carbonyl (C=O) groups is 3. The molecular formula is C46H44ClFN8O4. The van der Waals surface area contributed by atoms with Crippen LogP contribution in [0, 0.1) is 11.7 Å². The molecule has 3 amide bonds. The third-order valence-corrected chi connectivity index (χ3v) is 12.0. The molecule has 1 atom stereocenters. The lowest BCUT2D eigenvalue weighted by molar-refractivity contribution is -0.134. The number of para-hydroxylation sites is 1. The molecule has 4 aromatic carbocycles. The molecule has 0 aliphatic carbocycles. The van der Waals surface area contributed by atoms with Gasteiger partial charge in [0.25, 0.3) is 5.91 Å². The number of nitrogens with one attached hydrogen (secondary N) is 3. The van der Waals surface area contributed by atoms with Crippen molar-refractivity contribution in [1.82, 2.24) is 25.2 Å². The third-order valence-electron chi connectivity index (χ3n) is 11.8. The SMILES string of the molecule is O=C1CC[C@@H](c2ccc(N3CCC(CN4CCN(c5ccc(-c6nc7ncc(Cl)c(Oc8ccc(C(=O)Nc9ccccc9)cc8)c7[nH]6)cc5)CC4)CC3)c(F)c2)C(=O)N1. The Morgan fingerprint density at radius 2 is 1.62 bits per heavy atom. The van der Waals surface area contributed by atoms with E-state index in [-0.39, 0.29) is 30.0 Å². The summed E-state index contributed by atoms with van der Waals surface area (Å²) in [4.78, 5) is 56.1. The minimum Gasteiger partial charge on any atom is -0.453 e. The number of H-pyrrole nitrogens is 1. The van der Waals surface area contributed by atoms with Crippen molar-refractivity contribution in [2.75, 3.05) is 60.9 Å². The van der Waals surface area contributed by atoms with E-state index in [1.54, 1.807) is 30.3 Å². The second-order valence-electron chi connectivity index (χ2n) is 15.6. The maximum absolute atomic E-state index is 15.3. The summed E-state index contributed by atoms with van der Waals surface area (Å²) < 4.78 is 21.5. The topological polar surface area (TPSA) is 136 Å². The fourth-order valence-corrected chi connectivity index (χ4v) is 8.60. The molecule has 3 saturated heterocycles. The van der Waals surface area contributed by atoms with Crippen LogP contribution in [-0.4, -0.2) is 83.4 Å². The number of anilines is 3. The summed E-state index contributed by atoms with van der Waals surface area (Å²) in [6, 6.07) is 29.6. The zero-order valence-electron chi connectivity index (χ0n) is 32.9. The monoisotopic (exact) mass is 826 g/mol. The molecule has 3 fully saturated rings. The molecule has 0 saturated carbocycles. The van der Waals surface area contributed by atoms with E-state index < -0.39 is 5.92 Å². The van der Waals surface area contributed by atoms with E-state index >= 15 is 4.39 Å². The van der Waals surface area contributed by atoms with E-state index in [2.05, 4.69) is 59.6 Å². The third kappa shape index (κ3) is 8.54. The number of hydrogen-bond acceptors (Lipinski definition) is 9. The van der Waals surface area contributed by atoms with Crippen molar-refractivity contribution < 1.29 is 23.5 Å². The highest BCUT2D eigenvalue weighted by Crippen LogP contribution is 2.37. The summed E-state index contributed by atoms with van der Waals surface area (Å²) in [5.74, 6) is 0.459. The fraction of sp³-hybridized carbons (Fsp3) is 0.283. The van der Waals surface area contributed by atoms with E-state index in [0.717, 1.165) is 75.6 Å². The van der Waals surface area contributed by atoms with Crippen molar-refractivity contribution in [2.24, 2.45) is 5.92 Å². The number of piperazine rings is 1. The molecule has 12 nitrogen and oxygen atoms in total. The first-order chi connectivity index (χ1) is 29.2. The number of aromatic amines is 1. The van der Waals surface area contributed by atoms with Crippen LogP contribution in [0.3, 0.4) is 0 Å². The first-order valence-electron chi connectivity index (χ1n) is 20.4. The highest BCUT2D eigenvalue weighted by Gasteiger charge is 2.30. The summed E-state index contributed by atoms with van der Waals surface area (Å²) in [7, 11) is 0. The van der Waals surface area contributed by atoms with Crippen LogP contribution in [0.25, 0.3) is 22.6 Å².